The van der Waals surface area contributed by atoms with Gasteiger partial charge in [0.15, 0.2) is 0 Å². The molecule has 5 heteroatoms. The smallest absolute Gasteiger partial charge is 0.337 e. The second-order valence-electron chi connectivity index (χ2n) is 7.32. The van der Waals surface area contributed by atoms with Gasteiger partial charge in [0.25, 0.3) is 0 Å². The highest BCUT2D eigenvalue weighted by Gasteiger charge is 2.44. The van der Waals surface area contributed by atoms with Gasteiger partial charge < -0.3 is 14.5 Å². The average Bonchev–Trinajstić information content (AvgIpc) is 3.04. The van der Waals surface area contributed by atoms with Crippen LogP contribution in [0.1, 0.15) is 23.7 Å². The van der Waals surface area contributed by atoms with Gasteiger partial charge in [-0.15, -0.1) is 0 Å². The van der Waals surface area contributed by atoms with Gasteiger partial charge in [0.1, 0.15) is 0 Å². The molecule has 0 saturated carbocycles. The summed E-state index contributed by atoms with van der Waals surface area (Å²) in [5, 5.41) is 1.34. The SMILES string of the molecule is COC(=O)C1=COC[C@H]2CN3CCc4c([nH]c5ccccc45)[C@@H]3C[C@H]12. The van der Waals surface area contributed by atoms with Crippen molar-refractivity contribution in [3.63, 3.8) is 0 Å². The second kappa shape index (κ2) is 5.63. The number of ether oxygens (including phenoxy) is 2. The third kappa shape index (κ3) is 2.22. The minimum absolute atomic E-state index is 0.208. The minimum atomic E-state index is -0.254. The quantitative estimate of drug-likeness (QED) is 0.813. The molecular formula is C20H22N2O3. The number of esters is 1. The zero-order chi connectivity index (χ0) is 17.0. The number of hydrogen-bond donors (Lipinski definition) is 1. The Morgan fingerprint density at radius 1 is 1.36 bits per heavy atom. The number of aromatic amines is 1. The number of rotatable bonds is 1. The molecule has 4 heterocycles. The molecule has 1 N–H and O–H groups in total. The number of fused-ring (bicyclic) bond motifs is 6. The molecule has 1 aromatic heterocycles. The van der Waals surface area contributed by atoms with Crippen LogP contribution in [-0.2, 0) is 20.7 Å². The molecule has 0 spiro atoms. The zero-order valence-electron chi connectivity index (χ0n) is 14.3. The van der Waals surface area contributed by atoms with Gasteiger partial charge in [-0.2, -0.15) is 0 Å². The van der Waals surface area contributed by atoms with Gasteiger partial charge >= 0.3 is 5.97 Å². The first-order chi connectivity index (χ1) is 12.3. The summed E-state index contributed by atoms with van der Waals surface area (Å²) >= 11 is 0. The van der Waals surface area contributed by atoms with Crippen molar-refractivity contribution in [1.82, 2.24) is 9.88 Å². The molecule has 5 rings (SSSR count). The first-order valence-electron chi connectivity index (χ1n) is 8.99. The summed E-state index contributed by atoms with van der Waals surface area (Å²) in [6.07, 6.45) is 3.64. The van der Waals surface area contributed by atoms with Crippen LogP contribution in [0.3, 0.4) is 0 Å². The van der Waals surface area contributed by atoms with E-state index in [0.29, 0.717) is 24.1 Å². The Balaban J connectivity index is 1.54. The van der Waals surface area contributed by atoms with E-state index in [9.17, 15) is 4.79 Å². The van der Waals surface area contributed by atoms with E-state index < -0.39 is 0 Å². The van der Waals surface area contributed by atoms with Crippen molar-refractivity contribution in [2.75, 3.05) is 26.8 Å². The van der Waals surface area contributed by atoms with Crippen LogP contribution < -0.4 is 0 Å². The topological polar surface area (TPSA) is 54.6 Å². The maximum absolute atomic E-state index is 12.2. The fourth-order valence-electron chi connectivity index (χ4n) is 4.93. The summed E-state index contributed by atoms with van der Waals surface area (Å²) < 4.78 is 10.6. The Bertz CT molecular complexity index is 869. The Kier molecular flexibility index (Phi) is 3.38. The highest BCUT2D eigenvalue weighted by molar-refractivity contribution is 5.89. The summed E-state index contributed by atoms with van der Waals surface area (Å²) in [6, 6.07) is 8.88. The third-order valence-electron chi connectivity index (χ3n) is 6.13. The monoisotopic (exact) mass is 338 g/mol. The van der Waals surface area contributed by atoms with Crippen LogP contribution in [-0.4, -0.2) is 42.7 Å². The van der Waals surface area contributed by atoms with Gasteiger partial charge in [-0.3, -0.25) is 4.90 Å². The van der Waals surface area contributed by atoms with Crippen LogP contribution in [0.5, 0.6) is 0 Å². The van der Waals surface area contributed by atoms with Crippen LogP contribution >= 0.6 is 0 Å². The van der Waals surface area contributed by atoms with Crippen molar-refractivity contribution in [3.05, 3.63) is 47.4 Å². The molecule has 0 aliphatic carbocycles. The van der Waals surface area contributed by atoms with Crippen molar-refractivity contribution >= 4 is 16.9 Å². The molecule has 0 bridgehead atoms. The molecule has 25 heavy (non-hydrogen) atoms. The summed E-state index contributed by atoms with van der Waals surface area (Å²) in [7, 11) is 1.44. The normalized spacial score (nSPS) is 28.4. The summed E-state index contributed by atoms with van der Waals surface area (Å²) in [6.45, 7) is 2.73. The predicted octanol–water partition coefficient (Wildman–Crippen LogP) is 2.79. The van der Waals surface area contributed by atoms with Gasteiger partial charge in [-0.25, -0.2) is 4.79 Å². The fraction of sp³-hybridized carbons (Fsp3) is 0.450. The Morgan fingerprint density at radius 3 is 3.12 bits per heavy atom. The number of hydrogen-bond acceptors (Lipinski definition) is 4. The zero-order valence-corrected chi connectivity index (χ0v) is 14.3. The number of carbonyl (C=O) groups is 1. The lowest BCUT2D eigenvalue weighted by Gasteiger charge is -2.47. The number of piperidine rings is 1. The highest BCUT2D eigenvalue weighted by atomic mass is 16.5. The van der Waals surface area contributed by atoms with Crippen LogP contribution in [0.25, 0.3) is 10.9 Å². The summed E-state index contributed by atoms with van der Waals surface area (Å²) in [4.78, 5) is 18.4. The maximum atomic E-state index is 12.2. The van der Waals surface area contributed by atoms with E-state index in [1.807, 2.05) is 0 Å². The third-order valence-corrected chi connectivity index (χ3v) is 6.13. The molecule has 3 atom stereocenters. The molecule has 1 aromatic carbocycles. The average molecular weight is 338 g/mol. The van der Waals surface area contributed by atoms with Crippen LogP contribution in [0.15, 0.2) is 36.1 Å². The lowest BCUT2D eigenvalue weighted by molar-refractivity contribution is -0.138. The summed E-state index contributed by atoms with van der Waals surface area (Å²) in [5.41, 5.74) is 4.70. The van der Waals surface area contributed by atoms with E-state index in [1.165, 1.54) is 29.3 Å². The van der Waals surface area contributed by atoms with Crippen molar-refractivity contribution in [3.8, 4) is 0 Å². The molecule has 1 saturated heterocycles. The summed E-state index contributed by atoms with van der Waals surface area (Å²) in [5.74, 6) is 0.317. The number of nitrogens with one attached hydrogen (secondary N) is 1. The van der Waals surface area contributed by atoms with Crippen molar-refractivity contribution in [2.24, 2.45) is 11.8 Å². The number of carbonyl (C=O) groups excluding carboxylic acids is 1. The molecule has 130 valence electrons. The van der Waals surface area contributed by atoms with Gasteiger partial charge in [-0.05, 0) is 24.5 Å². The molecule has 2 aromatic rings. The number of benzene rings is 1. The lowest BCUT2D eigenvalue weighted by Crippen LogP contribution is -2.49. The van der Waals surface area contributed by atoms with Crippen LogP contribution in [0, 0.1) is 11.8 Å². The first kappa shape index (κ1) is 15.0. The Labute approximate surface area is 146 Å². The maximum Gasteiger partial charge on any atom is 0.337 e. The Morgan fingerprint density at radius 2 is 2.24 bits per heavy atom. The second-order valence-corrected chi connectivity index (χ2v) is 7.32. The van der Waals surface area contributed by atoms with Crippen LogP contribution in [0.2, 0.25) is 0 Å². The van der Waals surface area contributed by atoms with E-state index in [2.05, 4.69) is 34.1 Å². The molecular weight excluding hydrogens is 316 g/mol. The molecule has 5 nitrogen and oxygen atoms in total. The van der Waals surface area contributed by atoms with Gasteiger partial charge in [-0.1, -0.05) is 18.2 Å². The first-order valence-corrected chi connectivity index (χ1v) is 8.99. The Hall–Kier alpha value is -2.27. The molecule has 3 aliphatic heterocycles. The molecule has 3 aliphatic rings. The highest BCUT2D eigenvalue weighted by Crippen LogP contribution is 2.46. The van der Waals surface area contributed by atoms with E-state index >= 15 is 0 Å². The van der Waals surface area contributed by atoms with E-state index in [-0.39, 0.29) is 11.9 Å². The number of methoxy groups -OCH3 is 1. The number of para-hydroxylation sites is 1. The largest absolute Gasteiger partial charge is 0.500 e. The number of H-pyrrole nitrogens is 1. The lowest BCUT2D eigenvalue weighted by atomic mass is 9.74. The predicted molar refractivity (Wildman–Crippen MR) is 94.0 cm³/mol. The molecule has 0 amide bonds. The van der Waals surface area contributed by atoms with Crippen molar-refractivity contribution in [1.29, 1.82) is 0 Å². The van der Waals surface area contributed by atoms with E-state index in [0.717, 1.165) is 25.9 Å². The standard InChI is InChI=1S/C20H22N2O3/c1-24-20(23)16-11-25-10-12-9-22-7-6-14-13-4-2-3-5-17(13)21-19(14)18(22)8-15(12)16/h2-5,11-12,15,18,21H,6-10H2,1H3/t12-,15+,18+/m1/s1. The van der Waals surface area contributed by atoms with Crippen LogP contribution in [0.4, 0.5) is 0 Å². The van der Waals surface area contributed by atoms with Gasteiger partial charge in [0, 0.05) is 41.5 Å². The van der Waals surface area contributed by atoms with Crippen molar-refractivity contribution < 1.29 is 14.3 Å². The molecule has 0 radical (unpaired) electrons. The van der Waals surface area contributed by atoms with Gasteiger partial charge in [0.05, 0.1) is 31.6 Å². The fourth-order valence-corrected chi connectivity index (χ4v) is 4.93. The van der Waals surface area contributed by atoms with Crippen molar-refractivity contribution in [2.45, 2.75) is 18.9 Å². The number of nitrogens with zero attached hydrogens (tertiary/aromatic N) is 1. The minimum Gasteiger partial charge on any atom is -0.500 e. The number of aromatic nitrogens is 1. The van der Waals surface area contributed by atoms with E-state index in [1.54, 1.807) is 6.26 Å². The molecule has 0 unspecified atom stereocenters. The molecule has 1 fully saturated rings. The van der Waals surface area contributed by atoms with E-state index in [4.69, 9.17) is 9.47 Å². The van der Waals surface area contributed by atoms with Gasteiger partial charge in [0.2, 0.25) is 0 Å².